The molecule has 0 amide bonds. The Bertz CT molecular complexity index is 337. The summed E-state index contributed by atoms with van der Waals surface area (Å²) < 4.78 is 5.56. The van der Waals surface area contributed by atoms with Gasteiger partial charge in [0.1, 0.15) is 0 Å². The van der Waals surface area contributed by atoms with Crippen LogP contribution in [-0.2, 0) is 4.74 Å². The fraction of sp³-hybridized carbons (Fsp3) is 0.895. The van der Waals surface area contributed by atoms with E-state index in [2.05, 4.69) is 11.0 Å². The molecule has 0 atom stereocenters. The van der Waals surface area contributed by atoms with Gasteiger partial charge < -0.3 is 9.64 Å². The number of allylic oxidation sites excluding steroid dienone is 2. The van der Waals surface area contributed by atoms with Gasteiger partial charge in [0.15, 0.2) is 0 Å². The summed E-state index contributed by atoms with van der Waals surface area (Å²) in [7, 11) is 0. The monoisotopic (exact) mass is 291 g/mol. The van der Waals surface area contributed by atoms with E-state index in [0.29, 0.717) is 5.41 Å². The van der Waals surface area contributed by atoms with Crippen LogP contribution in [0.15, 0.2) is 11.8 Å². The maximum atomic E-state index is 5.56. The van der Waals surface area contributed by atoms with Crippen molar-refractivity contribution in [3.05, 3.63) is 11.8 Å². The highest BCUT2D eigenvalue weighted by atomic mass is 16.5. The lowest BCUT2D eigenvalue weighted by Crippen LogP contribution is -2.37. The summed E-state index contributed by atoms with van der Waals surface area (Å²) in [5.41, 5.74) is 2.21. The van der Waals surface area contributed by atoms with Gasteiger partial charge in [-0.25, -0.2) is 0 Å². The number of hydrogen-bond donors (Lipinski definition) is 0. The molecule has 2 fully saturated rings. The molecule has 0 N–H and O–H groups in total. The highest BCUT2D eigenvalue weighted by Gasteiger charge is 2.31. The molecule has 2 aliphatic carbocycles. The van der Waals surface area contributed by atoms with Crippen molar-refractivity contribution < 1.29 is 4.74 Å². The van der Waals surface area contributed by atoms with E-state index >= 15 is 0 Å². The Morgan fingerprint density at radius 2 is 1.33 bits per heavy atom. The highest BCUT2D eigenvalue weighted by Crippen LogP contribution is 2.44. The van der Waals surface area contributed by atoms with E-state index in [0.717, 1.165) is 26.3 Å². The second-order valence-electron chi connectivity index (χ2n) is 7.43. The van der Waals surface area contributed by atoms with Crippen LogP contribution < -0.4 is 0 Å². The van der Waals surface area contributed by atoms with Crippen molar-refractivity contribution in [3.8, 4) is 0 Å². The van der Waals surface area contributed by atoms with Crippen LogP contribution in [0.1, 0.15) is 77.0 Å². The van der Waals surface area contributed by atoms with Crippen molar-refractivity contribution in [2.75, 3.05) is 26.3 Å². The maximum absolute atomic E-state index is 5.56. The molecule has 3 rings (SSSR count). The molecule has 21 heavy (non-hydrogen) atoms. The zero-order valence-corrected chi connectivity index (χ0v) is 13.7. The average molecular weight is 291 g/mol. The molecule has 2 heteroatoms. The minimum Gasteiger partial charge on any atom is -0.378 e. The van der Waals surface area contributed by atoms with E-state index in [1.54, 1.807) is 5.70 Å². The first-order valence-corrected chi connectivity index (χ1v) is 9.42. The largest absolute Gasteiger partial charge is 0.378 e. The first-order valence-electron chi connectivity index (χ1n) is 9.42. The van der Waals surface area contributed by atoms with E-state index < -0.39 is 0 Å². The van der Waals surface area contributed by atoms with Gasteiger partial charge in [0.05, 0.1) is 13.2 Å². The summed E-state index contributed by atoms with van der Waals surface area (Å²) in [6.07, 6.45) is 19.9. The predicted octanol–water partition coefficient (Wildman–Crippen LogP) is 4.90. The lowest BCUT2D eigenvalue weighted by molar-refractivity contribution is 0.0505. The Balaban J connectivity index is 1.79. The molecule has 0 aromatic heterocycles. The van der Waals surface area contributed by atoms with Crippen LogP contribution in [0.3, 0.4) is 0 Å². The third-order valence-corrected chi connectivity index (χ3v) is 5.85. The topological polar surface area (TPSA) is 12.5 Å². The zero-order chi connectivity index (χ0) is 14.4. The Hall–Kier alpha value is -0.500. The van der Waals surface area contributed by atoms with Crippen molar-refractivity contribution in [2.24, 2.45) is 5.41 Å². The summed E-state index contributed by atoms with van der Waals surface area (Å²) in [5.74, 6) is 0. The molecule has 0 unspecified atom stereocenters. The van der Waals surface area contributed by atoms with Crippen LogP contribution in [0.2, 0.25) is 0 Å². The van der Waals surface area contributed by atoms with Gasteiger partial charge in [0, 0.05) is 18.8 Å². The van der Waals surface area contributed by atoms with E-state index in [4.69, 9.17) is 4.74 Å². The van der Waals surface area contributed by atoms with Crippen molar-refractivity contribution in [1.29, 1.82) is 0 Å². The Morgan fingerprint density at radius 1 is 0.762 bits per heavy atom. The second-order valence-corrected chi connectivity index (χ2v) is 7.43. The Labute approximate surface area is 130 Å². The molecular weight excluding hydrogens is 258 g/mol. The van der Waals surface area contributed by atoms with Gasteiger partial charge in [-0.2, -0.15) is 0 Å². The quantitative estimate of drug-likeness (QED) is 0.681. The molecule has 1 saturated carbocycles. The lowest BCUT2D eigenvalue weighted by atomic mass is 9.70. The number of morpholine rings is 1. The number of hydrogen-bond acceptors (Lipinski definition) is 2. The van der Waals surface area contributed by atoms with Crippen molar-refractivity contribution >= 4 is 0 Å². The van der Waals surface area contributed by atoms with Crippen LogP contribution in [-0.4, -0.2) is 31.2 Å². The smallest absolute Gasteiger partial charge is 0.0642 e. The third-order valence-electron chi connectivity index (χ3n) is 5.85. The number of ether oxygens (including phenoxy) is 1. The Morgan fingerprint density at radius 3 is 2.05 bits per heavy atom. The SMILES string of the molecule is C1=C(/N2CCOCC2)CCCCCCCC/12CCCCC2. The van der Waals surface area contributed by atoms with Gasteiger partial charge in [-0.1, -0.05) is 51.0 Å². The molecule has 120 valence electrons. The summed E-state index contributed by atoms with van der Waals surface area (Å²) in [4.78, 5) is 2.64. The van der Waals surface area contributed by atoms with Gasteiger partial charge >= 0.3 is 0 Å². The van der Waals surface area contributed by atoms with Crippen LogP contribution in [0.25, 0.3) is 0 Å². The summed E-state index contributed by atoms with van der Waals surface area (Å²) in [6, 6.07) is 0. The second kappa shape index (κ2) is 7.67. The molecular formula is C19H33NO. The van der Waals surface area contributed by atoms with Gasteiger partial charge in [0.2, 0.25) is 0 Å². The van der Waals surface area contributed by atoms with Gasteiger partial charge in [-0.15, -0.1) is 0 Å². The zero-order valence-electron chi connectivity index (χ0n) is 13.7. The molecule has 1 spiro atoms. The fourth-order valence-corrected chi connectivity index (χ4v) is 4.56. The number of rotatable bonds is 1. The molecule has 1 aliphatic heterocycles. The van der Waals surface area contributed by atoms with E-state index in [-0.39, 0.29) is 0 Å². The van der Waals surface area contributed by atoms with Gasteiger partial charge in [0.25, 0.3) is 0 Å². The van der Waals surface area contributed by atoms with Crippen LogP contribution in [0.4, 0.5) is 0 Å². The Kier molecular flexibility index (Phi) is 5.62. The van der Waals surface area contributed by atoms with Crippen molar-refractivity contribution in [3.63, 3.8) is 0 Å². The fourth-order valence-electron chi connectivity index (χ4n) is 4.56. The van der Waals surface area contributed by atoms with Crippen LogP contribution in [0, 0.1) is 5.41 Å². The summed E-state index contributed by atoms with van der Waals surface area (Å²) >= 11 is 0. The molecule has 2 nitrogen and oxygen atoms in total. The summed E-state index contributed by atoms with van der Waals surface area (Å²) in [5, 5.41) is 0. The molecule has 0 bridgehead atoms. The highest BCUT2D eigenvalue weighted by molar-refractivity contribution is 5.11. The van der Waals surface area contributed by atoms with Crippen molar-refractivity contribution in [2.45, 2.75) is 77.0 Å². The molecule has 0 aromatic carbocycles. The molecule has 0 aromatic rings. The van der Waals surface area contributed by atoms with Gasteiger partial charge in [-0.05, 0) is 37.5 Å². The van der Waals surface area contributed by atoms with Gasteiger partial charge in [-0.3, -0.25) is 0 Å². The van der Waals surface area contributed by atoms with Crippen molar-refractivity contribution in [1.82, 2.24) is 4.90 Å². The molecule has 0 radical (unpaired) electrons. The average Bonchev–Trinajstić information content (AvgIpc) is 2.55. The third kappa shape index (κ3) is 4.25. The maximum Gasteiger partial charge on any atom is 0.0642 e. The minimum absolute atomic E-state index is 0.545. The van der Waals surface area contributed by atoms with E-state index in [1.807, 2.05) is 0 Å². The first kappa shape index (κ1) is 15.4. The molecule has 3 aliphatic rings. The minimum atomic E-state index is 0.545. The normalized spacial score (nSPS) is 30.7. The lowest BCUT2D eigenvalue weighted by Gasteiger charge is -2.39. The number of nitrogens with zero attached hydrogens (tertiary/aromatic N) is 1. The standard InChI is InChI=1S/C19H33NO/c1-2-5-9-18(20-13-15-21-16-14-20)17-19(10-6-3-1)11-7-4-8-12-19/h17H,1-16H2/b18-17+. The van der Waals surface area contributed by atoms with E-state index in [9.17, 15) is 0 Å². The van der Waals surface area contributed by atoms with Crippen LogP contribution in [0.5, 0.6) is 0 Å². The van der Waals surface area contributed by atoms with Crippen LogP contribution >= 0.6 is 0 Å². The van der Waals surface area contributed by atoms with E-state index in [1.165, 1.54) is 77.0 Å². The molecule has 1 saturated heterocycles. The predicted molar refractivity (Wildman–Crippen MR) is 88.3 cm³/mol. The molecule has 1 heterocycles. The summed E-state index contributed by atoms with van der Waals surface area (Å²) in [6.45, 7) is 4.07. The first-order chi connectivity index (χ1) is 10.4.